The van der Waals surface area contributed by atoms with Crippen LogP contribution in [0.4, 0.5) is 0 Å². The van der Waals surface area contributed by atoms with Crippen LogP contribution in [0.3, 0.4) is 0 Å². The molecule has 7 heteroatoms. The molecule has 128 valence electrons. The van der Waals surface area contributed by atoms with Crippen molar-refractivity contribution in [2.75, 3.05) is 79.5 Å². The molecule has 0 N–H and O–H groups in total. The van der Waals surface area contributed by atoms with Gasteiger partial charge in [0.15, 0.2) is 0 Å². The van der Waals surface area contributed by atoms with Gasteiger partial charge >= 0.3 is 128 Å². The third-order valence-corrected chi connectivity index (χ3v) is 7.15. The van der Waals surface area contributed by atoms with E-state index in [-0.39, 0.29) is 12.6 Å². The molecule has 0 aliphatic carbocycles. The third-order valence-electron chi connectivity index (χ3n) is 3.18. The predicted octanol–water partition coefficient (Wildman–Crippen LogP) is 1.60. The Bertz CT molecular complexity index is 295. The number of ether oxygens (including phenoxy) is 4. The second kappa shape index (κ2) is 10.5. The van der Waals surface area contributed by atoms with Gasteiger partial charge in [0.25, 0.3) is 0 Å². The predicted molar refractivity (Wildman–Crippen MR) is 85.7 cm³/mol. The molecule has 0 fully saturated rings. The summed E-state index contributed by atoms with van der Waals surface area (Å²) in [5.74, 6) is -0.325. The van der Waals surface area contributed by atoms with Gasteiger partial charge in [0.1, 0.15) is 0 Å². The summed E-state index contributed by atoms with van der Waals surface area (Å²) in [4.78, 5) is 11.8. The molecule has 0 aliphatic rings. The Balaban J connectivity index is 4.52. The summed E-state index contributed by atoms with van der Waals surface area (Å²) in [6.45, 7) is 6.24. The molecular formula is C14H31O6P. The number of methoxy groups -OCH3 is 2. The van der Waals surface area contributed by atoms with Crippen LogP contribution >= 0.6 is 6.83 Å². The van der Waals surface area contributed by atoms with Gasteiger partial charge in [-0.25, -0.2) is 0 Å². The van der Waals surface area contributed by atoms with Gasteiger partial charge in [-0.05, 0) is 0 Å². The number of hydrogen-bond acceptors (Lipinski definition) is 6. The van der Waals surface area contributed by atoms with Crippen LogP contribution in [0.1, 0.15) is 6.92 Å². The summed E-state index contributed by atoms with van der Waals surface area (Å²) in [5, 5.41) is 0. The van der Waals surface area contributed by atoms with Gasteiger partial charge in [-0.15, -0.1) is 0 Å². The van der Waals surface area contributed by atoms with Crippen LogP contribution in [0.15, 0.2) is 0 Å². The van der Waals surface area contributed by atoms with E-state index in [2.05, 4.69) is 0 Å². The Morgan fingerprint density at radius 2 is 1.52 bits per heavy atom. The van der Waals surface area contributed by atoms with Crippen LogP contribution in [-0.4, -0.2) is 85.5 Å². The van der Waals surface area contributed by atoms with E-state index in [0.717, 1.165) is 6.16 Å². The van der Waals surface area contributed by atoms with E-state index >= 15 is 0 Å². The second-order valence-corrected chi connectivity index (χ2v) is 11.9. The molecular weight excluding hydrogens is 295 g/mol. The summed E-state index contributed by atoms with van der Waals surface area (Å²) >= 11 is 0. The SMILES string of the molecule is CCOCCP(C)(C)(CCOCCOC)OC(=O)COC. The first-order chi connectivity index (χ1) is 9.86. The van der Waals surface area contributed by atoms with E-state index in [1.165, 1.54) is 7.11 Å². The molecule has 0 spiro atoms. The molecule has 0 atom stereocenters. The average molecular weight is 326 g/mol. The van der Waals surface area contributed by atoms with Gasteiger partial charge in [0.05, 0.1) is 0 Å². The summed E-state index contributed by atoms with van der Waals surface area (Å²) in [5.41, 5.74) is 0. The van der Waals surface area contributed by atoms with Crippen molar-refractivity contribution in [3.05, 3.63) is 0 Å². The molecule has 21 heavy (non-hydrogen) atoms. The van der Waals surface area contributed by atoms with Gasteiger partial charge in [-0.1, -0.05) is 0 Å². The van der Waals surface area contributed by atoms with E-state index in [1.807, 2.05) is 20.3 Å². The molecule has 0 amide bonds. The van der Waals surface area contributed by atoms with Crippen molar-refractivity contribution in [3.8, 4) is 0 Å². The molecule has 0 rings (SSSR count). The number of hydrogen-bond donors (Lipinski definition) is 0. The van der Waals surface area contributed by atoms with Crippen LogP contribution in [-0.2, 0) is 28.3 Å². The van der Waals surface area contributed by atoms with Crippen LogP contribution in [0.25, 0.3) is 0 Å². The van der Waals surface area contributed by atoms with Crippen molar-refractivity contribution in [1.82, 2.24) is 0 Å². The van der Waals surface area contributed by atoms with E-state index in [4.69, 9.17) is 23.5 Å². The van der Waals surface area contributed by atoms with Crippen LogP contribution in [0.2, 0.25) is 0 Å². The quantitative estimate of drug-likeness (QED) is 0.378. The average Bonchev–Trinajstić information content (AvgIpc) is 2.38. The van der Waals surface area contributed by atoms with Crippen molar-refractivity contribution in [1.29, 1.82) is 0 Å². The van der Waals surface area contributed by atoms with Gasteiger partial charge in [0.2, 0.25) is 0 Å². The van der Waals surface area contributed by atoms with Crippen molar-refractivity contribution in [2.45, 2.75) is 6.92 Å². The van der Waals surface area contributed by atoms with Crippen molar-refractivity contribution >= 4 is 12.8 Å². The van der Waals surface area contributed by atoms with Crippen LogP contribution < -0.4 is 0 Å². The van der Waals surface area contributed by atoms with Gasteiger partial charge in [-0.2, -0.15) is 0 Å². The fourth-order valence-electron chi connectivity index (χ4n) is 1.78. The van der Waals surface area contributed by atoms with Gasteiger partial charge in [-0.3, -0.25) is 0 Å². The van der Waals surface area contributed by atoms with Gasteiger partial charge in [0, 0.05) is 0 Å². The molecule has 0 heterocycles. The molecule has 0 aromatic heterocycles. The Hall–Kier alpha value is -0.260. The molecule has 0 aromatic rings. The molecule has 0 radical (unpaired) electrons. The first-order valence-corrected chi connectivity index (χ1v) is 10.6. The van der Waals surface area contributed by atoms with Crippen LogP contribution in [0.5, 0.6) is 0 Å². The maximum atomic E-state index is 11.8. The number of carbonyl (C=O) groups is 1. The summed E-state index contributed by atoms with van der Waals surface area (Å²) < 4.78 is 26.5. The fourth-order valence-corrected chi connectivity index (χ4v) is 4.33. The van der Waals surface area contributed by atoms with E-state index < -0.39 is 6.83 Å². The molecule has 0 aromatic carbocycles. The van der Waals surface area contributed by atoms with Gasteiger partial charge < -0.3 is 0 Å². The topological polar surface area (TPSA) is 63.2 Å². The standard InChI is InChI=1S/C14H31O6P/c1-6-18-9-11-21(4,5,20-14(15)13-17-3)12-10-19-8-7-16-2/h6-13H2,1-5H3. The third kappa shape index (κ3) is 10.1. The maximum absolute atomic E-state index is 11.8. The fraction of sp³-hybridized carbons (Fsp3) is 0.929. The Labute approximate surface area is 128 Å². The minimum absolute atomic E-state index is 0.0290. The Morgan fingerprint density at radius 3 is 2.05 bits per heavy atom. The van der Waals surface area contributed by atoms with Crippen molar-refractivity contribution < 1.29 is 28.3 Å². The number of carbonyl (C=O) groups excluding carboxylic acids is 1. The van der Waals surface area contributed by atoms with Crippen molar-refractivity contribution in [2.24, 2.45) is 0 Å². The normalized spacial score (nSPS) is 13.7. The zero-order valence-corrected chi connectivity index (χ0v) is 14.9. The Kier molecular flexibility index (Phi) is 10.3. The van der Waals surface area contributed by atoms with E-state index in [0.29, 0.717) is 39.2 Å². The molecule has 0 bridgehead atoms. The summed E-state index contributed by atoms with van der Waals surface area (Å²) in [7, 11) is 3.12. The summed E-state index contributed by atoms with van der Waals surface area (Å²) in [6, 6.07) is 0. The summed E-state index contributed by atoms with van der Waals surface area (Å²) in [6.07, 6.45) is 1.43. The molecule has 0 saturated carbocycles. The molecule has 6 nitrogen and oxygen atoms in total. The zero-order valence-electron chi connectivity index (χ0n) is 14.1. The Morgan fingerprint density at radius 1 is 0.905 bits per heavy atom. The van der Waals surface area contributed by atoms with Crippen LogP contribution in [0, 0.1) is 0 Å². The monoisotopic (exact) mass is 326 g/mol. The first-order valence-electron chi connectivity index (χ1n) is 7.23. The number of rotatable bonds is 13. The zero-order chi connectivity index (χ0) is 16.2. The van der Waals surface area contributed by atoms with E-state index in [9.17, 15) is 4.79 Å². The second-order valence-electron chi connectivity index (χ2n) is 5.70. The van der Waals surface area contributed by atoms with Crippen molar-refractivity contribution in [3.63, 3.8) is 0 Å². The molecule has 0 aliphatic heterocycles. The first kappa shape index (κ1) is 20.7. The van der Waals surface area contributed by atoms with E-state index in [1.54, 1.807) is 7.11 Å². The minimum atomic E-state index is -2.65. The molecule has 0 saturated heterocycles. The molecule has 0 unspecified atom stereocenters.